The second-order valence-corrected chi connectivity index (χ2v) is 6.98. The summed E-state index contributed by atoms with van der Waals surface area (Å²) in [7, 11) is 1.60. The number of benzene rings is 2. The van der Waals surface area contributed by atoms with Crippen molar-refractivity contribution in [2.45, 2.75) is 6.54 Å². The van der Waals surface area contributed by atoms with E-state index in [2.05, 4.69) is 0 Å². The van der Waals surface area contributed by atoms with E-state index < -0.39 is 0 Å². The fourth-order valence-electron chi connectivity index (χ4n) is 3.12. The summed E-state index contributed by atoms with van der Waals surface area (Å²) in [6.45, 7) is 0.219. The number of thiophene rings is 1. The van der Waals surface area contributed by atoms with Crippen LogP contribution in [0.25, 0.3) is 11.6 Å². The molecule has 0 N–H and O–H groups in total. The molecule has 2 heterocycles. The van der Waals surface area contributed by atoms with Crippen LogP contribution in [0.4, 0.5) is 0 Å². The van der Waals surface area contributed by atoms with Gasteiger partial charge in [0, 0.05) is 11.1 Å². The number of hydrogen-bond donors (Lipinski definition) is 0. The molecule has 5 heteroatoms. The number of fused-ring (bicyclic) bond motifs is 1. The van der Waals surface area contributed by atoms with Crippen LogP contribution >= 0.6 is 11.3 Å². The lowest BCUT2D eigenvalue weighted by Gasteiger charge is -2.28. The SMILES string of the molecule is COc1ccc(CN2C(=O)/C(=C\c3ccsc3)c3ccccc3C2=O)cc1. The molecule has 0 aliphatic carbocycles. The predicted octanol–water partition coefficient (Wildman–Crippen LogP) is 4.48. The third kappa shape index (κ3) is 3.29. The average Bonchev–Trinajstić information content (AvgIpc) is 3.22. The van der Waals surface area contributed by atoms with E-state index in [0.717, 1.165) is 16.9 Å². The Bertz CT molecular complexity index is 1020. The Morgan fingerprint density at radius 1 is 0.963 bits per heavy atom. The summed E-state index contributed by atoms with van der Waals surface area (Å²) in [6.07, 6.45) is 1.85. The van der Waals surface area contributed by atoms with Crippen LogP contribution in [-0.2, 0) is 11.3 Å². The molecule has 2 aromatic carbocycles. The van der Waals surface area contributed by atoms with E-state index >= 15 is 0 Å². The zero-order valence-electron chi connectivity index (χ0n) is 14.7. The van der Waals surface area contributed by atoms with Crippen LogP contribution in [0.3, 0.4) is 0 Å². The minimum Gasteiger partial charge on any atom is -0.497 e. The monoisotopic (exact) mass is 375 g/mol. The van der Waals surface area contributed by atoms with Crippen molar-refractivity contribution in [3.05, 3.63) is 87.6 Å². The number of hydrogen-bond acceptors (Lipinski definition) is 4. The molecule has 0 unspecified atom stereocenters. The Morgan fingerprint density at radius 3 is 2.37 bits per heavy atom. The summed E-state index contributed by atoms with van der Waals surface area (Å²) in [5.74, 6) is 0.188. The van der Waals surface area contributed by atoms with Gasteiger partial charge in [0.05, 0.1) is 13.7 Å². The number of ether oxygens (including phenoxy) is 1. The first kappa shape index (κ1) is 17.2. The minimum atomic E-state index is -0.277. The van der Waals surface area contributed by atoms with Crippen molar-refractivity contribution in [1.82, 2.24) is 4.90 Å². The molecule has 1 aromatic heterocycles. The summed E-state index contributed by atoms with van der Waals surface area (Å²) >= 11 is 1.57. The first-order chi connectivity index (χ1) is 13.2. The number of nitrogens with zero attached hydrogens (tertiary/aromatic N) is 1. The first-order valence-electron chi connectivity index (χ1n) is 8.50. The third-order valence-corrected chi connectivity index (χ3v) is 5.22. The van der Waals surface area contributed by atoms with Crippen LogP contribution in [0.1, 0.15) is 27.0 Å². The van der Waals surface area contributed by atoms with Crippen molar-refractivity contribution < 1.29 is 14.3 Å². The molecule has 3 aromatic rings. The maximum atomic E-state index is 13.2. The summed E-state index contributed by atoms with van der Waals surface area (Å²) in [5.41, 5.74) is 3.59. The zero-order chi connectivity index (χ0) is 18.8. The maximum Gasteiger partial charge on any atom is 0.261 e. The Balaban J connectivity index is 1.74. The van der Waals surface area contributed by atoms with Gasteiger partial charge in [-0.3, -0.25) is 14.5 Å². The number of methoxy groups -OCH3 is 1. The Labute approximate surface area is 161 Å². The fraction of sp³-hybridized carbons (Fsp3) is 0.0909. The fourth-order valence-corrected chi connectivity index (χ4v) is 3.74. The topological polar surface area (TPSA) is 46.6 Å². The highest BCUT2D eigenvalue weighted by Crippen LogP contribution is 2.31. The maximum absolute atomic E-state index is 13.2. The van der Waals surface area contributed by atoms with Crippen LogP contribution < -0.4 is 4.74 Å². The van der Waals surface area contributed by atoms with Gasteiger partial charge < -0.3 is 4.74 Å². The zero-order valence-corrected chi connectivity index (χ0v) is 15.5. The van der Waals surface area contributed by atoms with Crippen LogP contribution in [0.5, 0.6) is 5.75 Å². The predicted molar refractivity (Wildman–Crippen MR) is 107 cm³/mol. The number of imide groups is 1. The molecule has 0 fully saturated rings. The summed E-state index contributed by atoms with van der Waals surface area (Å²) in [4.78, 5) is 27.4. The van der Waals surface area contributed by atoms with E-state index in [9.17, 15) is 9.59 Å². The van der Waals surface area contributed by atoms with Gasteiger partial charge in [-0.05, 0) is 57.8 Å². The lowest BCUT2D eigenvalue weighted by molar-refractivity contribution is -0.123. The molecule has 0 atom stereocenters. The van der Waals surface area contributed by atoms with Crippen LogP contribution in [0, 0.1) is 0 Å². The van der Waals surface area contributed by atoms with Crippen molar-refractivity contribution in [3.63, 3.8) is 0 Å². The average molecular weight is 375 g/mol. The van der Waals surface area contributed by atoms with Crippen molar-refractivity contribution in [1.29, 1.82) is 0 Å². The summed E-state index contributed by atoms with van der Waals surface area (Å²) < 4.78 is 5.17. The van der Waals surface area contributed by atoms with E-state index in [1.54, 1.807) is 24.5 Å². The largest absolute Gasteiger partial charge is 0.497 e. The van der Waals surface area contributed by atoms with Gasteiger partial charge in [-0.15, -0.1) is 0 Å². The van der Waals surface area contributed by atoms with Gasteiger partial charge in [0.2, 0.25) is 0 Å². The number of amides is 2. The lowest BCUT2D eigenvalue weighted by Crippen LogP contribution is -2.41. The molecule has 4 nitrogen and oxygen atoms in total. The third-order valence-electron chi connectivity index (χ3n) is 4.52. The lowest BCUT2D eigenvalue weighted by atomic mass is 9.92. The smallest absolute Gasteiger partial charge is 0.261 e. The van der Waals surface area contributed by atoms with Gasteiger partial charge in [-0.2, -0.15) is 11.3 Å². The minimum absolute atomic E-state index is 0.219. The van der Waals surface area contributed by atoms with Crippen molar-refractivity contribution in [2.75, 3.05) is 7.11 Å². The van der Waals surface area contributed by atoms with Gasteiger partial charge >= 0.3 is 0 Å². The quantitative estimate of drug-likeness (QED) is 0.499. The van der Waals surface area contributed by atoms with Crippen molar-refractivity contribution in [2.24, 2.45) is 0 Å². The standard InChI is InChI=1S/C22H17NO3S/c1-26-17-8-6-15(7-9-17)13-23-21(24)19-5-3-2-4-18(19)20(22(23)25)12-16-10-11-27-14-16/h2-12,14H,13H2,1H3/b20-12-. The van der Waals surface area contributed by atoms with E-state index in [-0.39, 0.29) is 18.4 Å². The highest BCUT2D eigenvalue weighted by atomic mass is 32.1. The number of carbonyl (C=O) groups is 2. The molecule has 1 aliphatic rings. The molecule has 4 rings (SSSR count). The number of carbonyl (C=O) groups excluding carboxylic acids is 2. The van der Waals surface area contributed by atoms with E-state index in [0.29, 0.717) is 16.7 Å². The Hall–Kier alpha value is -3.18. The van der Waals surface area contributed by atoms with Gasteiger partial charge in [-0.25, -0.2) is 0 Å². The van der Waals surface area contributed by atoms with Gasteiger partial charge in [0.25, 0.3) is 11.8 Å². The van der Waals surface area contributed by atoms with E-state index in [4.69, 9.17) is 4.74 Å². The molecule has 0 spiro atoms. The van der Waals surface area contributed by atoms with Gasteiger partial charge in [0.1, 0.15) is 5.75 Å². The molecule has 0 saturated heterocycles. The highest BCUT2D eigenvalue weighted by Gasteiger charge is 2.34. The molecular formula is C22H17NO3S. The molecule has 1 aliphatic heterocycles. The Kier molecular flexibility index (Phi) is 4.60. The van der Waals surface area contributed by atoms with Crippen molar-refractivity contribution >= 4 is 34.8 Å². The molecule has 2 amide bonds. The first-order valence-corrected chi connectivity index (χ1v) is 9.44. The van der Waals surface area contributed by atoms with Crippen LogP contribution in [-0.4, -0.2) is 23.8 Å². The summed E-state index contributed by atoms with van der Waals surface area (Å²) in [5, 5.41) is 3.94. The molecule has 0 radical (unpaired) electrons. The second kappa shape index (κ2) is 7.21. The molecule has 27 heavy (non-hydrogen) atoms. The van der Waals surface area contributed by atoms with Crippen molar-refractivity contribution in [3.8, 4) is 5.75 Å². The van der Waals surface area contributed by atoms with Gasteiger partial charge in [-0.1, -0.05) is 30.3 Å². The van der Waals surface area contributed by atoms with Crippen LogP contribution in [0.15, 0.2) is 65.4 Å². The molecule has 0 bridgehead atoms. The molecule has 134 valence electrons. The molecule has 0 saturated carbocycles. The normalized spacial score (nSPS) is 15.1. The summed E-state index contributed by atoms with van der Waals surface area (Å²) in [6, 6.07) is 16.6. The van der Waals surface area contributed by atoms with Gasteiger partial charge in [0.15, 0.2) is 0 Å². The Morgan fingerprint density at radius 2 is 1.70 bits per heavy atom. The van der Waals surface area contributed by atoms with Crippen LogP contribution in [0.2, 0.25) is 0 Å². The van der Waals surface area contributed by atoms with E-state index in [1.165, 1.54) is 4.90 Å². The molecular weight excluding hydrogens is 358 g/mol. The highest BCUT2D eigenvalue weighted by molar-refractivity contribution is 7.08. The second-order valence-electron chi connectivity index (χ2n) is 6.20. The van der Waals surface area contributed by atoms with E-state index in [1.807, 2.05) is 65.4 Å². The number of rotatable bonds is 4.